The molecule has 0 saturated carbocycles. The zero-order valence-corrected chi connectivity index (χ0v) is 12.9. The number of benzene rings is 1. The first kappa shape index (κ1) is 14.2. The summed E-state index contributed by atoms with van der Waals surface area (Å²) in [5.41, 5.74) is 3.77. The van der Waals surface area contributed by atoms with Crippen LogP contribution in [0.3, 0.4) is 0 Å². The Bertz CT molecular complexity index is 1030. The largest absolute Gasteiger partial charge is 0.507 e. The summed E-state index contributed by atoms with van der Waals surface area (Å²) in [7, 11) is 1.61. The van der Waals surface area contributed by atoms with Crippen LogP contribution in [0.4, 0.5) is 0 Å². The van der Waals surface area contributed by atoms with E-state index in [1.165, 1.54) is 0 Å². The standard InChI is InChI=1S/C18H14N4O2/c1-24-17-10-19-7-6-11(17)14-9-20-18-13(14)8-15(21-22-18)12-4-2-3-5-16(12)23/h2-10,23H,1H3,(H,20,22). The number of aromatic nitrogens is 4. The average molecular weight is 318 g/mol. The van der Waals surface area contributed by atoms with Gasteiger partial charge in [-0.15, -0.1) is 10.2 Å². The first-order valence-corrected chi connectivity index (χ1v) is 7.39. The molecule has 118 valence electrons. The van der Waals surface area contributed by atoms with E-state index in [-0.39, 0.29) is 5.75 Å². The lowest BCUT2D eigenvalue weighted by molar-refractivity contribution is 0.414. The lowest BCUT2D eigenvalue weighted by Crippen LogP contribution is -1.90. The Balaban J connectivity index is 1.93. The van der Waals surface area contributed by atoms with E-state index in [9.17, 15) is 5.11 Å². The third-order valence-electron chi connectivity index (χ3n) is 3.91. The number of para-hydroxylation sites is 1. The summed E-state index contributed by atoms with van der Waals surface area (Å²) >= 11 is 0. The number of aromatic hydroxyl groups is 1. The molecule has 6 nitrogen and oxygen atoms in total. The first-order valence-electron chi connectivity index (χ1n) is 7.39. The average Bonchev–Trinajstić information content (AvgIpc) is 3.05. The molecule has 0 aliphatic rings. The fourth-order valence-electron chi connectivity index (χ4n) is 2.73. The molecular weight excluding hydrogens is 304 g/mol. The van der Waals surface area contributed by atoms with Gasteiger partial charge in [0.2, 0.25) is 0 Å². The van der Waals surface area contributed by atoms with Crippen molar-refractivity contribution in [3.05, 3.63) is 55.0 Å². The number of hydrogen-bond donors (Lipinski definition) is 2. The van der Waals surface area contributed by atoms with Gasteiger partial charge in [-0.25, -0.2) is 0 Å². The molecule has 0 bridgehead atoms. The summed E-state index contributed by atoms with van der Waals surface area (Å²) in [5, 5.41) is 19.4. The number of ether oxygens (including phenoxy) is 1. The highest BCUT2D eigenvalue weighted by Crippen LogP contribution is 2.36. The molecule has 0 radical (unpaired) electrons. The van der Waals surface area contributed by atoms with Crippen molar-refractivity contribution < 1.29 is 9.84 Å². The number of phenolic OH excluding ortho intramolecular Hbond substituents is 1. The smallest absolute Gasteiger partial charge is 0.160 e. The summed E-state index contributed by atoms with van der Waals surface area (Å²) in [6.45, 7) is 0. The van der Waals surface area contributed by atoms with Crippen LogP contribution in [-0.4, -0.2) is 32.4 Å². The number of phenols is 1. The van der Waals surface area contributed by atoms with Gasteiger partial charge in [-0.1, -0.05) is 12.1 Å². The van der Waals surface area contributed by atoms with Crippen LogP contribution in [0.25, 0.3) is 33.4 Å². The van der Waals surface area contributed by atoms with E-state index in [0.717, 1.165) is 16.5 Å². The van der Waals surface area contributed by atoms with Crippen LogP contribution in [-0.2, 0) is 0 Å². The van der Waals surface area contributed by atoms with Crippen molar-refractivity contribution in [2.75, 3.05) is 7.11 Å². The first-order chi connectivity index (χ1) is 11.8. The molecule has 3 aromatic heterocycles. The molecule has 3 heterocycles. The zero-order valence-electron chi connectivity index (χ0n) is 12.9. The van der Waals surface area contributed by atoms with Gasteiger partial charge in [0.15, 0.2) is 5.65 Å². The van der Waals surface area contributed by atoms with Crippen molar-refractivity contribution in [3.8, 4) is 33.9 Å². The van der Waals surface area contributed by atoms with Gasteiger partial charge in [0.25, 0.3) is 0 Å². The lowest BCUT2D eigenvalue weighted by Gasteiger charge is -2.07. The van der Waals surface area contributed by atoms with Crippen molar-refractivity contribution in [2.24, 2.45) is 0 Å². The van der Waals surface area contributed by atoms with Gasteiger partial charge in [-0.3, -0.25) is 4.98 Å². The summed E-state index contributed by atoms with van der Waals surface area (Å²) in [5.74, 6) is 0.851. The molecule has 0 aliphatic carbocycles. The molecule has 1 aromatic carbocycles. The number of pyridine rings is 1. The van der Waals surface area contributed by atoms with Crippen molar-refractivity contribution in [1.29, 1.82) is 0 Å². The fraction of sp³-hybridized carbons (Fsp3) is 0.0556. The van der Waals surface area contributed by atoms with E-state index < -0.39 is 0 Å². The molecule has 4 aromatic rings. The number of nitrogens with one attached hydrogen (secondary N) is 1. The quantitative estimate of drug-likeness (QED) is 0.605. The molecule has 0 fully saturated rings. The minimum absolute atomic E-state index is 0.171. The predicted octanol–water partition coefficient (Wildman–Crippen LogP) is 3.40. The molecule has 0 aliphatic heterocycles. The van der Waals surface area contributed by atoms with Gasteiger partial charge in [0.1, 0.15) is 11.5 Å². The maximum Gasteiger partial charge on any atom is 0.160 e. The summed E-state index contributed by atoms with van der Waals surface area (Å²) in [4.78, 5) is 7.21. The Morgan fingerprint density at radius 3 is 2.75 bits per heavy atom. The van der Waals surface area contributed by atoms with Gasteiger partial charge in [-0.2, -0.15) is 0 Å². The van der Waals surface area contributed by atoms with Crippen LogP contribution < -0.4 is 4.74 Å². The Hall–Kier alpha value is -3.41. The highest BCUT2D eigenvalue weighted by molar-refractivity contribution is 5.96. The third-order valence-corrected chi connectivity index (χ3v) is 3.91. The van der Waals surface area contributed by atoms with E-state index in [1.807, 2.05) is 30.5 Å². The number of rotatable bonds is 3. The molecule has 0 saturated heterocycles. The SMILES string of the molecule is COc1cnccc1-c1c[nH]c2nnc(-c3ccccc3O)cc12. The van der Waals surface area contributed by atoms with E-state index in [2.05, 4.69) is 20.2 Å². The van der Waals surface area contributed by atoms with E-state index in [0.29, 0.717) is 22.7 Å². The normalized spacial score (nSPS) is 10.9. The second-order valence-electron chi connectivity index (χ2n) is 5.29. The maximum absolute atomic E-state index is 10.1. The minimum Gasteiger partial charge on any atom is -0.507 e. The molecule has 2 N–H and O–H groups in total. The van der Waals surface area contributed by atoms with Gasteiger partial charge in [0, 0.05) is 34.5 Å². The Labute approximate surface area is 137 Å². The van der Waals surface area contributed by atoms with Gasteiger partial charge in [0.05, 0.1) is 19.0 Å². The maximum atomic E-state index is 10.1. The molecule has 0 amide bonds. The summed E-state index contributed by atoms with van der Waals surface area (Å²) in [6, 6.07) is 10.9. The van der Waals surface area contributed by atoms with E-state index >= 15 is 0 Å². The van der Waals surface area contributed by atoms with Crippen molar-refractivity contribution >= 4 is 11.0 Å². The van der Waals surface area contributed by atoms with Crippen LogP contribution in [0.1, 0.15) is 0 Å². The highest BCUT2D eigenvalue weighted by Gasteiger charge is 2.14. The summed E-state index contributed by atoms with van der Waals surface area (Å²) in [6.07, 6.45) is 5.26. The molecule has 0 atom stereocenters. The second kappa shape index (κ2) is 5.66. The van der Waals surface area contributed by atoms with Crippen LogP contribution in [0.5, 0.6) is 11.5 Å². The van der Waals surface area contributed by atoms with Gasteiger partial charge < -0.3 is 14.8 Å². The van der Waals surface area contributed by atoms with Gasteiger partial charge >= 0.3 is 0 Å². The van der Waals surface area contributed by atoms with Crippen LogP contribution >= 0.6 is 0 Å². The predicted molar refractivity (Wildman–Crippen MR) is 90.8 cm³/mol. The lowest BCUT2D eigenvalue weighted by atomic mass is 10.0. The topological polar surface area (TPSA) is 83.9 Å². The fourth-order valence-corrected chi connectivity index (χ4v) is 2.73. The van der Waals surface area contributed by atoms with Crippen molar-refractivity contribution in [2.45, 2.75) is 0 Å². The van der Waals surface area contributed by atoms with E-state index in [1.54, 1.807) is 31.6 Å². The summed E-state index contributed by atoms with van der Waals surface area (Å²) < 4.78 is 5.40. The van der Waals surface area contributed by atoms with Crippen LogP contribution in [0.15, 0.2) is 55.0 Å². The number of H-pyrrole nitrogens is 1. The molecule has 4 rings (SSSR count). The molecular formula is C18H14N4O2. The highest BCUT2D eigenvalue weighted by atomic mass is 16.5. The number of methoxy groups -OCH3 is 1. The Morgan fingerprint density at radius 1 is 1.04 bits per heavy atom. The number of fused-ring (bicyclic) bond motifs is 1. The number of nitrogens with zero attached hydrogens (tertiary/aromatic N) is 3. The minimum atomic E-state index is 0.171. The third kappa shape index (κ3) is 2.25. The monoisotopic (exact) mass is 318 g/mol. The second-order valence-corrected chi connectivity index (χ2v) is 5.29. The molecule has 6 heteroatoms. The van der Waals surface area contributed by atoms with E-state index in [4.69, 9.17) is 4.74 Å². The Morgan fingerprint density at radius 2 is 1.92 bits per heavy atom. The van der Waals surface area contributed by atoms with Crippen molar-refractivity contribution in [3.63, 3.8) is 0 Å². The number of hydrogen-bond acceptors (Lipinski definition) is 5. The Kier molecular flexibility index (Phi) is 3.35. The van der Waals surface area contributed by atoms with Gasteiger partial charge in [-0.05, 0) is 24.3 Å². The van der Waals surface area contributed by atoms with Crippen LogP contribution in [0, 0.1) is 0 Å². The molecule has 0 unspecified atom stereocenters. The van der Waals surface area contributed by atoms with Crippen LogP contribution in [0.2, 0.25) is 0 Å². The molecule has 0 spiro atoms. The molecule has 24 heavy (non-hydrogen) atoms. The zero-order chi connectivity index (χ0) is 16.5. The van der Waals surface area contributed by atoms with Crippen molar-refractivity contribution in [1.82, 2.24) is 20.2 Å². The number of aromatic amines is 1.